The molecule has 2 N–H and O–H groups in total. The van der Waals surface area contributed by atoms with E-state index in [1.807, 2.05) is 18.2 Å². The van der Waals surface area contributed by atoms with Gasteiger partial charge in [-0.25, -0.2) is 4.98 Å². The highest BCUT2D eigenvalue weighted by Crippen LogP contribution is 2.24. The minimum Gasteiger partial charge on any atom is -0.307 e. The summed E-state index contributed by atoms with van der Waals surface area (Å²) in [6, 6.07) is 5.75. The summed E-state index contributed by atoms with van der Waals surface area (Å²) in [5.41, 5.74) is 1.10. The number of nitrogens with one attached hydrogen (secondary N) is 2. The van der Waals surface area contributed by atoms with E-state index in [0.717, 1.165) is 24.4 Å². The Morgan fingerprint density at radius 1 is 1.33 bits per heavy atom. The van der Waals surface area contributed by atoms with Crippen molar-refractivity contribution in [2.45, 2.75) is 19.4 Å². The Labute approximate surface area is 116 Å². The van der Waals surface area contributed by atoms with Gasteiger partial charge in [0.2, 0.25) is 0 Å². The molecule has 0 fully saturated rings. The Morgan fingerprint density at radius 2 is 2.17 bits per heavy atom. The molecule has 0 saturated heterocycles. The van der Waals surface area contributed by atoms with Crippen molar-refractivity contribution in [1.82, 2.24) is 20.5 Å². The van der Waals surface area contributed by atoms with Crippen molar-refractivity contribution in [2.24, 2.45) is 0 Å². The first-order valence-corrected chi connectivity index (χ1v) is 6.49. The van der Waals surface area contributed by atoms with E-state index in [-0.39, 0.29) is 6.04 Å². The largest absolute Gasteiger partial charge is 0.307 e. The molecule has 4 nitrogen and oxygen atoms in total. The van der Waals surface area contributed by atoms with Crippen LogP contribution in [-0.4, -0.2) is 21.7 Å². The van der Waals surface area contributed by atoms with Crippen LogP contribution in [0.2, 0.25) is 10.0 Å². The number of aromatic nitrogens is 3. The summed E-state index contributed by atoms with van der Waals surface area (Å²) in [6.07, 6.45) is 2.29. The molecule has 1 aromatic heterocycles. The standard InChI is InChI=1S/C12H14Cl2N4/c1-2-15-11(12-16-7-17-18-12)6-8-3-4-9(13)10(14)5-8/h3-5,7,11,15H,2,6H2,1H3,(H,16,17,18). The van der Waals surface area contributed by atoms with E-state index in [1.54, 1.807) is 0 Å². The zero-order chi connectivity index (χ0) is 13.0. The van der Waals surface area contributed by atoms with Crippen molar-refractivity contribution in [3.8, 4) is 0 Å². The third-order valence-electron chi connectivity index (χ3n) is 2.64. The van der Waals surface area contributed by atoms with Crippen LogP contribution in [0.4, 0.5) is 0 Å². The lowest BCUT2D eigenvalue weighted by molar-refractivity contribution is 0.523. The summed E-state index contributed by atoms with van der Waals surface area (Å²) in [6.45, 7) is 2.91. The van der Waals surface area contributed by atoms with Crippen LogP contribution in [0.3, 0.4) is 0 Å². The number of halogens is 2. The number of aromatic amines is 1. The molecule has 1 aromatic carbocycles. The molecule has 1 unspecified atom stereocenters. The lowest BCUT2D eigenvalue weighted by atomic mass is 10.1. The van der Waals surface area contributed by atoms with Crippen molar-refractivity contribution in [3.63, 3.8) is 0 Å². The highest BCUT2D eigenvalue weighted by molar-refractivity contribution is 6.42. The van der Waals surface area contributed by atoms with Crippen LogP contribution in [0.1, 0.15) is 24.4 Å². The van der Waals surface area contributed by atoms with Gasteiger partial charge in [0.1, 0.15) is 12.2 Å². The average molecular weight is 285 g/mol. The van der Waals surface area contributed by atoms with Crippen LogP contribution in [0, 0.1) is 0 Å². The highest BCUT2D eigenvalue weighted by atomic mass is 35.5. The fraction of sp³-hybridized carbons (Fsp3) is 0.333. The van der Waals surface area contributed by atoms with Crippen molar-refractivity contribution < 1.29 is 0 Å². The van der Waals surface area contributed by atoms with Crippen LogP contribution < -0.4 is 5.32 Å². The Kier molecular flexibility index (Phi) is 4.58. The van der Waals surface area contributed by atoms with E-state index in [1.165, 1.54) is 6.33 Å². The van der Waals surface area contributed by atoms with Gasteiger partial charge in [-0.3, -0.25) is 5.10 Å². The molecular weight excluding hydrogens is 271 g/mol. The SMILES string of the molecule is CCNC(Cc1ccc(Cl)c(Cl)c1)c1ncn[nH]1. The minimum atomic E-state index is 0.0924. The smallest absolute Gasteiger partial charge is 0.141 e. The number of H-pyrrole nitrogens is 1. The van der Waals surface area contributed by atoms with E-state index in [4.69, 9.17) is 23.2 Å². The van der Waals surface area contributed by atoms with Gasteiger partial charge in [0, 0.05) is 0 Å². The number of likely N-dealkylation sites (N-methyl/N-ethyl adjacent to an activating group) is 1. The molecule has 0 aliphatic carbocycles. The minimum absolute atomic E-state index is 0.0924. The van der Waals surface area contributed by atoms with Gasteiger partial charge in [0.05, 0.1) is 16.1 Å². The van der Waals surface area contributed by atoms with E-state index in [2.05, 4.69) is 27.4 Å². The lowest BCUT2D eigenvalue weighted by Crippen LogP contribution is -2.24. The molecule has 1 atom stereocenters. The van der Waals surface area contributed by atoms with E-state index in [9.17, 15) is 0 Å². The monoisotopic (exact) mass is 284 g/mol. The molecule has 96 valence electrons. The third-order valence-corrected chi connectivity index (χ3v) is 3.38. The summed E-state index contributed by atoms with van der Waals surface area (Å²) in [5.74, 6) is 0.822. The number of nitrogens with zero attached hydrogens (tertiary/aromatic N) is 2. The van der Waals surface area contributed by atoms with Gasteiger partial charge in [0.25, 0.3) is 0 Å². The van der Waals surface area contributed by atoms with E-state index in [0.29, 0.717) is 10.0 Å². The maximum absolute atomic E-state index is 6.01. The summed E-state index contributed by atoms with van der Waals surface area (Å²) < 4.78 is 0. The normalized spacial score (nSPS) is 12.6. The van der Waals surface area contributed by atoms with E-state index < -0.39 is 0 Å². The van der Waals surface area contributed by atoms with Crippen molar-refractivity contribution in [2.75, 3.05) is 6.54 Å². The van der Waals surface area contributed by atoms with Crippen molar-refractivity contribution in [3.05, 3.63) is 46.0 Å². The maximum atomic E-state index is 6.01. The fourth-order valence-electron chi connectivity index (χ4n) is 1.80. The van der Waals surface area contributed by atoms with Gasteiger partial charge in [-0.1, -0.05) is 36.2 Å². The first kappa shape index (κ1) is 13.3. The van der Waals surface area contributed by atoms with Crippen LogP contribution in [0.25, 0.3) is 0 Å². The molecule has 2 rings (SSSR count). The van der Waals surface area contributed by atoms with Gasteiger partial charge >= 0.3 is 0 Å². The zero-order valence-electron chi connectivity index (χ0n) is 9.95. The number of hydrogen-bond acceptors (Lipinski definition) is 3. The molecule has 2 aromatic rings. The lowest BCUT2D eigenvalue weighted by Gasteiger charge is -2.15. The second-order valence-corrected chi connectivity index (χ2v) is 4.75. The Bertz CT molecular complexity index is 499. The van der Waals surface area contributed by atoms with Gasteiger partial charge in [-0.05, 0) is 30.7 Å². The molecule has 6 heteroatoms. The van der Waals surface area contributed by atoms with Crippen LogP contribution >= 0.6 is 23.2 Å². The van der Waals surface area contributed by atoms with Gasteiger partial charge < -0.3 is 5.32 Å². The van der Waals surface area contributed by atoms with Crippen LogP contribution in [-0.2, 0) is 6.42 Å². The summed E-state index contributed by atoms with van der Waals surface area (Å²) in [5, 5.41) is 11.3. The molecular formula is C12H14Cl2N4. The fourth-order valence-corrected chi connectivity index (χ4v) is 2.12. The predicted octanol–water partition coefficient (Wildman–Crippen LogP) is 3.00. The highest BCUT2D eigenvalue weighted by Gasteiger charge is 2.14. The molecule has 0 amide bonds. The Morgan fingerprint density at radius 3 is 2.78 bits per heavy atom. The molecule has 0 spiro atoms. The number of hydrogen-bond donors (Lipinski definition) is 2. The molecule has 0 bridgehead atoms. The number of benzene rings is 1. The van der Waals surface area contributed by atoms with Gasteiger partial charge in [0.15, 0.2) is 0 Å². The molecule has 18 heavy (non-hydrogen) atoms. The van der Waals surface area contributed by atoms with Crippen LogP contribution in [0.5, 0.6) is 0 Å². The first-order chi connectivity index (χ1) is 8.70. The summed E-state index contributed by atoms with van der Waals surface area (Å²) >= 11 is 11.9. The molecule has 0 aliphatic heterocycles. The average Bonchev–Trinajstić information content (AvgIpc) is 2.87. The Balaban J connectivity index is 2.16. The van der Waals surface area contributed by atoms with Crippen molar-refractivity contribution >= 4 is 23.2 Å². The second-order valence-electron chi connectivity index (χ2n) is 3.93. The quantitative estimate of drug-likeness (QED) is 0.888. The van der Waals surface area contributed by atoms with Gasteiger partial charge in [-0.15, -0.1) is 0 Å². The summed E-state index contributed by atoms with van der Waals surface area (Å²) in [7, 11) is 0. The Hall–Kier alpha value is -1.10. The predicted molar refractivity (Wildman–Crippen MR) is 73.0 cm³/mol. The first-order valence-electron chi connectivity index (χ1n) is 5.73. The maximum Gasteiger partial charge on any atom is 0.141 e. The topological polar surface area (TPSA) is 53.6 Å². The van der Waals surface area contributed by atoms with E-state index >= 15 is 0 Å². The third kappa shape index (κ3) is 3.22. The molecule has 0 aliphatic rings. The second kappa shape index (κ2) is 6.18. The van der Waals surface area contributed by atoms with Crippen molar-refractivity contribution in [1.29, 1.82) is 0 Å². The zero-order valence-corrected chi connectivity index (χ0v) is 11.5. The van der Waals surface area contributed by atoms with Crippen LogP contribution in [0.15, 0.2) is 24.5 Å². The molecule has 1 heterocycles. The number of rotatable bonds is 5. The summed E-state index contributed by atoms with van der Waals surface area (Å²) in [4.78, 5) is 4.18. The molecule has 0 radical (unpaired) electrons. The molecule has 0 saturated carbocycles. The van der Waals surface area contributed by atoms with Gasteiger partial charge in [-0.2, -0.15) is 5.10 Å².